The first-order valence-corrected chi connectivity index (χ1v) is 15.8. The van der Waals surface area contributed by atoms with Crippen molar-refractivity contribution in [2.24, 2.45) is 17.6 Å². The summed E-state index contributed by atoms with van der Waals surface area (Å²) in [5.41, 5.74) is 3.94. The van der Waals surface area contributed by atoms with Gasteiger partial charge in [0.2, 0.25) is 12.6 Å². The fraction of sp³-hybridized carbons (Fsp3) is 0.400. The molecule has 266 valence electrons. The van der Waals surface area contributed by atoms with E-state index in [1.165, 1.54) is 29.9 Å². The van der Waals surface area contributed by atoms with E-state index in [1.807, 2.05) is 0 Å². The molecular formula is C35H39N3O12. The number of nitrogens with zero attached hydrogens (tertiary/aromatic N) is 2. The maximum Gasteiger partial charge on any atom is 0.413 e. The van der Waals surface area contributed by atoms with Gasteiger partial charge < -0.3 is 45.3 Å². The SMILES string of the molecule is COCCN(Cc1ccc(-c2ccc(O)c3c2C[C@H]2C[C@H]4[C@H](N(C)C)C(O)=C(C(N)=O)C(=O)[C@@]4(O)C(O)=C2C3=O)cc1)C(=O)OCOC(C)=O. The average Bonchev–Trinajstić information content (AvgIpc) is 3.04. The Hall–Kier alpha value is -5.25. The van der Waals surface area contributed by atoms with Gasteiger partial charge in [0, 0.05) is 38.6 Å². The number of esters is 1. The van der Waals surface area contributed by atoms with Gasteiger partial charge in [-0.2, -0.15) is 0 Å². The molecule has 0 bridgehead atoms. The van der Waals surface area contributed by atoms with Crippen LogP contribution in [0.2, 0.25) is 0 Å². The molecule has 5 rings (SSSR count). The van der Waals surface area contributed by atoms with Crippen LogP contribution in [0.3, 0.4) is 0 Å². The van der Waals surface area contributed by atoms with Crippen molar-refractivity contribution >= 4 is 29.5 Å². The quantitative estimate of drug-likeness (QED) is 0.136. The molecule has 0 radical (unpaired) electrons. The lowest BCUT2D eigenvalue weighted by molar-refractivity contribution is -0.150. The van der Waals surface area contributed by atoms with Gasteiger partial charge in [0.05, 0.1) is 18.2 Å². The molecule has 0 aliphatic heterocycles. The summed E-state index contributed by atoms with van der Waals surface area (Å²) in [6, 6.07) is 9.01. The van der Waals surface area contributed by atoms with Gasteiger partial charge in [0.15, 0.2) is 11.4 Å². The van der Waals surface area contributed by atoms with Crippen molar-refractivity contribution in [2.75, 3.05) is 41.1 Å². The van der Waals surface area contributed by atoms with E-state index in [1.54, 1.807) is 44.4 Å². The maximum atomic E-state index is 14.1. The molecule has 2 amide bonds. The number of amides is 2. The molecule has 0 saturated heterocycles. The largest absolute Gasteiger partial charge is 0.510 e. The number of fused-ring (bicyclic) bond motifs is 3. The van der Waals surface area contributed by atoms with Crippen molar-refractivity contribution in [2.45, 2.75) is 38.0 Å². The Kier molecular flexibility index (Phi) is 10.0. The van der Waals surface area contributed by atoms with Gasteiger partial charge in [-0.25, -0.2) is 4.79 Å². The molecule has 15 nitrogen and oxygen atoms in total. The zero-order valence-corrected chi connectivity index (χ0v) is 28.0. The molecule has 50 heavy (non-hydrogen) atoms. The van der Waals surface area contributed by atoms with Gasteiger partial charge >= 0.3 is 12.1 Å². The fourth-order valence-electron chi connectivity index (χ4n) is 7.22. The topological polar surface area (TPSA) is 226 Å². The number of nitrogens with two attached hydrogens (primary N) is 1. The van der Waals surface area contributed by atoms with E-state index in [-0.39, 0.29) is 49.4 Å². The van der Waals surface area contributed by atoms with Crippen LogP contribution in [0.4, 0.5) is 4.79 Å². The highest BCUT2D eigenvalue weighted by atomic mass is 16.7. The van der Waals surface area contributed by atoms with Crippen LogP contribution in [-0.2, 0) is 41.6 Å². The zero-order valence-electron chi connectivity index (χ0n) is 28.0. The van der Waals surface area contributed by atoms with Crippen molar-refractivity contribution in [3.8, 4) is 16.9 Å². The van der Waals surface area contributed by atoms with E-state index in [0.29, 0.717) is 16.7 Å². The summed E-state index contributed by atoms with van der Waals surface area (Å²) < 4.78 is 14.8. The van der Waals surface area contributed by atoms with Crippen molar-refractivity contribution in [3.05, 3.63) is 75.8 Å². The summed E-state index contributed by atoms with van der Waals surface area (Å²) in [5.74, 6) is -7.79. The molecule has 6 N–H and O–H groups in total. The molecule has 15 heteroatoms. The van der Waals surface area contributed by atoms with Gasteiger partial charge in [0.25, 0.3) is 5.91 Å². The van der Waals surface area contributed by atoms with Crippen LogP contribution < -0.4 is 5.73 Å². The van der Waals surface area contributed by atoms with Crippen molar-refractivity contribution in [1.29, 1.82) is 0 Å². The van der Waals surface area contributed by atoms with Crippen LogP contribution in [0, 0.1) is 11.8 Å². The molecule has 0 unspecified atom stereocenters. The van der Waals surface area contributed by atoms with Crippen molar-refractivity contribution < 1.29 is 58.6 Å². The molecule has 4 atom stereocenters. The van der Waals surface area contributed by atoms with E-state index in [4.69, 9.17) is 19.9 Å². The predicted octanol–water partition coefficient (Wildman–Crippen LogP) is 1.89. The number of aliphatic hydroxyl groups excluding tert-OH is 2. The monoisotopic (exact) mass is 693 g/mol. The number of hydrogen-bond donors (Lipinski definition) is 5. The normalized spacial score (nSPS) is 22.9. The van der Waals surface area contributed by atoms with Crippen LogP contribution in [0.15, 0.2) is 59.1 Å². The number of primary amides is 1. The first-order chi connectivity index (χ1) is 23.6. The number of Topliss-reactive ketones (excluding diaryl/α,β-unsaturated/α-hetero) is 2. The van der Waals surface area contributed by atoms with E-state index in [0.717, 1.165) is 5.56 Å². The summed E-state index contributed by atoms with van der Waals surface area (Å²) in [7, 11) is 4.62. The number of carbonyl (C=O) groups is 5. The van der Waals surface area contributed by atoms with Gasteiger partial charge in [0.1, 0.15) is 22.8 Å². The second kappa shape index (κ2) is 13.9. The summed E-state index contributed by atoms with van der Waals surface area (Å²) in [6.07, 6.45) is -0.625. The number of aliphatic hydroxyl groups is 3. The number of ketones is 2. The lowest BCUT2D eigenvalue weighted by Crippen LogP contribution is -2.63. The maximum absolute atomic E-state index is 14.1. The number of aromatic hydroxyl groups is 1. The van der Waals surface area contributed by atoms with E-state index in [2.05, 4.69) is 0 Å². The average molecular weight is 694 g/mol. The second-order valence-corrected chi connectivity index (χ2v) is 12.7. The molecule has 3 aliphatic carbocycles. The number of allylic oxidation sites excluding steroid dienone is 1. The highest BCUT2D eigenvalue weighted by molar-refractivity contribution is 6.25. The minimum Gasteiger partial charge on any atom is -0.510 e. The Morgan fingerprint density at radius 3 is 2.30 bits per heavy atom. The molecule has 0 saturated carbocycles. The van der Waals surface area contributed by atoms with Crippen LogP contribution in [-0.4, -0.2) is 113 Å². The van der Waals surface area contributed by atoms with Gasteiger partial charge in [-0.1, -0.05) is 30.3 Å². The molecule has 3 aliphatic rings. The number of carbonyl (C=O) groups excluding carboxylic acids is 5. The molecule has 0 spiro atoms. The Morgan fingerprint density at radius 1 is 1.02 bits per heavy atom. The van der Waals surface area contributed by atoms with E-state index < -0.39 is 76.9 Å². The van der Waals surface area contributed by atoms with Crippen molar-refractivity contribution in [3.63, 3.8) is 0 Å². The first kappa shape index (κ1) is 36.0. The fourth-order valence-corrected chi connectivity index (χ4v) is 7.22. The van der Waals surface area contributed by atoms with Crippen LogP contribution in [0.25, 0.3) is 11.1 Å². The molecule has 0 aromatic heterocycles. The molecule has 0 fully saturated rings. The third-order valence-electron chi connectivity index (χ3n) is 9.51. The second-order valence-electron chi connectivity index (χ2n) is 12.7. The smallest absolute Gasteiger partial charge is 0.413 e. The Labute approximate surface area is 287 Å². The van der Waals surface area contributed by atoms with Crippen LogP contribution >= 0.6 is 0 Å². The number of phenols is 1. The Bertz CT molecular complexity index is 1820. The number of methoxy groups -OCH3 is 1. The highest BCUT2D eigenvalue weighted by Crippen LogP contribution is 2.53. The minimum atomic E-state index is -2.72. The summed E-state index contributed by atoms with van der Waals surface area (Å²) in [5, 5.41) is 45.2. The van der Waals surface area contributed by atoms with Crippen LogP contribution in [0.5, 0.6) is 5.75 Å². The van der Waals surface area contributed by atoms with Gasteiger partial charge in [-0.05, 0) is 61.2 Å². The standard InChI is InChI=1S/C35H39N3O12/c1-17(39)49-16-50-34(46)38(11-12-48-4)15-18-5-7-19(8-6-18)21-9-10-24(40)26-22(21)13-20-14-23-28(37(2)3)30(42)27(33(36)45)32(44)35(23,47)31(43)25(20)29(26)41/h5-10,20,23,28,40,42-43,47H,11-16H2,1-4H3,(H2,36,45)/t20-,23-,28-,35-/m0/s1. The Morgan fingerprint density at radius 2 is 1.70 bits per heavy atom. The molecule has 2 aromatic rings. The van der Waals surface area contributed by atoms with Gasteiger partial charge in [-0.15, -0.1) is 0 Å². The number of benzene rings is 2. The van der Waals surface area contributed by atoms with E-state index >= 15 is 0 Å². The summed E-state index contributed by atoms with van der Waals surface area (Å²) in [4.78, 5) is 66.3. The minimum absolute atomic E-state index is 0.0370. The van der Waals surface area contributed by atoms with Gasteiger partial charge in [-0.3, -0.25) is 24.1 Å². The highest BCUT2D eigenvalue weighted by Gasteiger charge is 2.63. The van der Waals surface area contributed by atoms with Crippen LogP contribution in [0.1, 0.15) is 34.8 Å². The summed E-state index contributed by atoms with van der Waals surface area (Å²) in [6.45, 7) is 1.22. The Balaban J connectivity index is 1.49. The number of likely N-dealkylation sites (N-methyl/N-ethyl adjacent to an activating group) is 1. The lowest BCUT2D eigenvalue weighted by Gasteiger charge is -2.50. The van der Waals surface area contributed by atoms with E-state index in [9.17, 15) is 44.4 Å². The number of hydrogen-bond acceptors (Lipinski definition) is 13. The third kappa shape index (κ3) is 6.19. The number of ether oxygens (including phenoxy) is 3. The lowest BCUT2D eigenvalue weighted by atomic mass is 9.58. The predicted molar refractivity (Wildman–Crippen MR) is 175 cm³/mol. The number of rotatable bonds is 10. The molecule has 0 heterocycles. The first-order valence-electron chi connectivity index (χ1n) is 15.8. The molecule has 2 aromatic carbocycles. The molecular weight excluding hydrogens is 654 g/mol. The third-order valence-corrected chi connectivity index (χ3v) is 9.51. The van der Waals surface area contributed by atoms with Crippen molar-refractivity contribution in [1.82, 2.24) is 9.80 Å². The number of phenolic OH excluding ortho intramolecular Hbond substituents is 1. The summed E-state index contributed by atoms with van der Waals surface area (Å²) >= 11 is 0. The zero-order chi connectivity index (χ0) is 36.7.